The van der Waals surface area contributed by atoms with Gasteiger partial charge in [0, 0.05) is 5.41 Å². The molecular weight excluding hydrogens is 881 g/mol. The smallest absolute Gasteiger partial charge is 0.187 e. The van der Waals surface area contributed by atoms with Gasteiger partial charge in [-0.15, -0.1) is 0 Å². The Morgan fingerprint density at radius 2 is 1.18 bits per heavy atom. The standard InChI is InChI=1S/C48H84O19/c1-21-31(53)34(56)36(58)40(62-21)66-38-33(55)25(19-49)64-42(39(38)67-41-37(59)35(57)32(54)22(2)63-41)65-29-13-14-44(5)26(45(29,6)20-50)11-16-46(7)27(44)18-24(51)30-23(10-15-47(30,46)8)48(9,61)17-12-28(52)43(3,4)60/h21-42,49-61H,10-20H2,1-9H3/t21-,22-,23-,24+,25+,26+,27+,28+,29-,30-,31-,32-,33+,34+,35+,36+,37+,38-,39+,40-,41-,42-,44-,45-,46+,47+,48-/m0/s1. The molecule has 19 nitrogen and oxygen atoms in total. The van der Waals surface area contributed by atoms with E-state index < -0.39 is 139 Å². The van der Waals surface area contributed by atoms with E-state index in [1.54, 1.807) is 20.8 Å². The third-order valence-electron chi connectivity index (χ3n) is 19.3. The van der Waals surface area contributed by atoms with Crippen molar-refractivity contribution in [3.63, 3.8) is 0 Å². The van der Waals surface area contributed by atoms with E-state index in [1.165, 1.54) is 13.8 Å². The maximum atomic E-state index is 12.3. The molecule has 13 N–H and O–H groups in total. The highest BCUT2D eigenvalue weighted by Crippen LogP contribution is 2.76. The topological polar surface area (TPSA) is 318 Å². The normalized spacial score (nSPS) is 54.1. The Morgan fingerprint density at radius 1 is 0.627 bits per heavy atom. The molecule has 0 aromatic heterocycles. The molecule has 19 heteroatoms. The van der Waals surface area contributed by atoms with Gasteiger partial charge in [0.1, 0.15) is 61.0 Å². The second-order valence-electron chi connectivity index (χ2n) is 23.6. The average molecular weight is 965 g/mol. The van der Waals surface area contributed by atoms with E-state index in [9.17, 15) is 66.4 Å². The van der Waals surface area contributed by atoms with Crippen molar-refractivity contribution in [3.8, 4) is 0 Å². The van der Waals surface area contributed by atoms with Crippen molar-refractivity contribution in [3.05, 3.63) is 0 Å². The lowest BCUT2D eigenvalue weighted by molar-refractivity contribution is -0.398. The summed E-state index contributed by atoms with van der Waals surface area (Å²) in [6.07, 6.45) is -20.8. The largest absolute Gasteiger partial charge is 0.396 e. The van der Waals surface area contributed by atoms with Crippen molar-refractivity contribution in [2.75, 3.05) is 13.2 Å². The summed E-state index contributed by atoms with van der Waals surface area (Å²) in [7, 11) is 0. The molecule has 7 aliphatic rings. The minimum atomic E-state index is -1.82. The zero-order valence-electron chi connectivity index (χ0n) is 40.7. The number of aliphatic hydroxyl groups is 13. The van der Waals surface area contributed by atoms with Gasteiger partial charge in [-0.2, -0.15) is 0 Å². The average Bonchev–Trinajstić information content (AvgIpc) is 3.66. The van der Waals surface area contributed by atoms with Crippen molar-refractivity contribution in [2.45, 2.75) is 242 Å². The molecule has 0 spiro atoms. The third-order valence-corrected chi connectivity index (χ3v) is 19.3. The third kappa shape index (κ3) is 9.11. The summed E-state index contributed by atoms with van der Waals surface area (Å²) >= 11 is 0. The fourth-order valence-electron chi connectivity index (χ4n) is 14.8. The van der Waals surface area contributed by atoms with E-state index >= 15 is 0 Å². The summed E-state index contributed by atoms with van der Waals surface area (Å²) in [6.45, 7) is 15.5. The van der Waals surface area contributed by atoms with Crippen LogP contribution in [0.1, 0.15) is 120 Å². The maximum absolute atomic E-state index is 12.3. The monoisotopic (exact) mass is 965 g/mol. The summed E-state index contributed by atoms with van der Waals surface area (Å²) in [5.74, 6) is -0.606. The zero-order chi connectivity index (χ0) is 49.7. The van der Waals surface area contributed by atoms with Gasteiger partial charge in [0.2, 0.25) is 0 Å². The van der Waals surface area contributed by atoms with Crippen LogP contribution in [0.4, 0.5) is 0 Å². The summed E-state index contributed by atoms with van der Waals surface area (Å²) in [5.41, 5.74) is -4.52. The van der Waals surface area contributed by atoms with Crippen LogP contribution in [-0.2, 0) is 28.4 Å². The molecule has 0 bridgehead atoms. The van der Waals surface area contributed by atoms with Crippen LogP contribution in [0.25, 0.3) is 0 Å². The lowest BCUT2D eigenvalue weighted by atomic mass is 9.35. The van der Waals surface area contributed by atoms with Gasteiger partial charge in [-0.25, -0.2) is 0 Å². The van der Waals surface area contributed by atoms with Crippen molar-refractivity contribution in [1.29, 1.82) is 0 Å². The molecule has 27 atom stereocenters. The molecule has 4 saturated carbocycles. The van der Waals surface area contributed by atoms with Crippen molar-refractivity contribution in [1.82, 2.24) is 0 Å². The second-order valence-corrected chi connectivity index (χ2v) is 23.6. The number of fused-ring (bicyclic) bond motifs is 5. The minimum absolute atomic E-state index is 0.00290. The van der Waals surface area contributed by atoms with Crippen LogP contribution in [0.3, 0.4) is 0 Å². The number of rotatable bonds is 13. The second kappa shape index (κ2) is 19.3. The van der Waals surface area contributed by atoms with Crippen LogP contribution in [-0.4, -0.2) is 201 Å². The molecule has 7 fully saturated rings. The summed E-state index contributed by atoms with van der Waals surface area (Å²) in [4.78, 5) is 0. The van der Waals surface area contributed by atoms with Crippen LogP contribution < -0.4 is 0 Å². The number of ether oxygens (including phenoxy) is 6. The molecule has 3 saturated heterocycles. The fourth-order valence-corrected chi connectivity index (χ4v) is 14.8. The van der Waals surface area contributed by atoms with E-state index in [-0.39, 0.29) is 54.0 Å². The molecule has 0 aromatic carbocycles. The first kappa shape index (κ1) is 54.0. The highest BCUT2D eigenvalue weighted by molar-refractivity contribution is 5.20. The predicted molar refractivity (Wildman–Crippen MR) is 235 cm³/mol. The number of hydrogen-bond donors (Lipinski definition) is 13. The summed E-state index contributed by atoms with van der Waals surface area (Å²) in [5, 5.41) is 144. The molecule has 3 heterocycles. The molecule has 0 aromatic rings. The minimum Gasteiger partial charge on any atom is -0.396 e. The first-order valence-corrected chi connectivity index (χ1v) is 24.7. The first-order valence-electron chi connectivity index (χ1n) is 24.7. The molecule has 4 aliphatic carbocycles. The van der Waals surface area contributed by atoms with Crippen LogP contribution in [0.5, 0.6) is 0 Å². The molecule has 0 radical (unpaired) electrons. The lowest BCUT2D eigenvalue weighted by Gasteiger charge is -2.71. The highest BCUT2D eigenvalue weighted by atomic mass is 16.8. The van der Waals surface area contributed by atoms with E-state index in [0.29, 0.717) is 32.1 Å². The quantitative estimate of drug-likeness (QED) is 0.100. The SMILES string of the molecule is C[C@@H]1O[C@@H](O[C@H]2[C@H](O[C@H]3CC[C@@]4(C)[C@@H](CC[C@]5(C)[C@@H]4C[C@@H](O)[C@@H]4[C@@H]([C@@](C)(O)CC[C@@H](O)C(C)(C)O)CC[C@]45C)[C@]3(C)CO)O[C@H](CO)[C@@H](O)[C@@H]2O[C@@H]2O[C@@H](C)[C@H](O)[C@@H](O)[C@H]2O)[C@H](O)[C@H](O)[C@H]1O. The van der Waals surface area contributed by atoms with Gasteiger partial charge < -0.3 is 94.8 Å². The molecule has 3 aliphatic heterocycles. The predicted octanol–water partition coefficient (Wildman–Crippen LogP) is -0.834. The Labute approximate surface area is 394 Å². The fraction of sp³-hybridized carbons (Fsp3) is 1.00. The molecule has 0 amide bonds. The van der Waals surface area contributed by atoms with Crippen molar-refractivity contribution < 1.29 is 94.8 Å². The van der Waals surface area contributed by atoms with Crippen molar-refractivity contribution in [2.24, 2.45) is 45.3 Å². The van der Waals surface area contributed by atoms with Crippen LogP contribution in [0.2, 0.25) is 0 Å². The van der Waals surface area contributed by atoms with Gasteiger partial charge in [0.15, 0.2) is 18.9 Å². The van der Waals surface area contributed by atoms with E-state index in [1.807, 2.05) is 6.92 Å². The molecule has 7 rings (SSSR count). The van der Waals surface area contributed by atoms with E-state index in [0.717, 1.165) is 12.8 Å². The Kier molecular flexibility index (Phi) is 15.5. The summed E-state index contributed by atoms with van der Waals surface area (Å²) < 4.78 is 37.2. The van der Waals surface area contributed by atoms with E-state index in [2.05, 4.69) is 20.8 Å². The molecular formula is C48H84O19. The van der Waals surface area contributed by atoms with Crippen molar-refractivity contribution >= 4 is 0 Å². The summed E-state index contributed by atoms with van der Waals surface area (Å²) in [6, 6.07) is 0. The highest BCUT2D eigenvalue weighted by Gasteiger charge is 2.72. The van der Waals surface area contributed by atoms with Gasteiger partial charge in [-0.1, -0.05) is 27.7 Å². The molecule has 390 valence electrons. The zero-order valence-corrected chi connectivity index (χ0v) is 40.7. The van der Waals surface area contributed by atoms with Gasteiger partial charge in [-0.05, 0) is 132 Å². The van der Waals surface area contributed by atoms with Crippen LogP contribution >= 0.6 is 0 Å². The Hall–Kier alpha value is -0.760. The van der Waals surface area contributed by atoms with Gasteiger partial charge in [0.25, 0.3) is 0 Å². The molecule has 0 unspecified atom stereocenters. The Morgan fingerprint density at radius 3 is 1.72 bits per heavy atom. The van der Waals surface area contributed by atoms with Crippen LogP contribution in [0, 0.1) is 45.3 Å². The maximum Gasteiger partial charge on any atom is 0.187 e. The van der Waals surface area contributed by atoms with Gasteiger partial charge in [-0.3, -0.25) is 0 Å². The number of hydrogen-bond acceptors (Lipinski definition) is 19. The Balaban J connectivity index is 1.17. The van der Waals surface area contributed by atoms with E-state index in [4.69, 9.17) is 28.4 Å². The Bertz CT molecular complexity index is 1690. The first-order chi connectivity index (χ1) is 31.0. The van der Waals surface area contributed by atoms with Crippen LogP contribution in [0.15, 0.2) is 0 Å². The van der Waals surface area contributed by atoms with Gasteiger partial charge >= 0.3 is 0 Å². The number of aliphatic hydroxyl groups excluding tert-OH is 11. The lowest BCUT2D eigenvalue weighted by Crippen LogP contribution is -2.69. The molecule has 67 heavy (non-hydrogen) atoms. The van der Waals surface area contributed by atoms with Gasteiger partial charge in [0.05, 0.1) is 54.9 Å².